The van der Waals surface area contributed by atoms with Crippen molar-refractivity contribution in [2.45, 2.75) is 0 Å². The molecule has 0 saturated heterocycles. The van der Waals surface area contributed by atoms with E-state index in [-0.39, 0.29) is 16.8 Å². The fourth-order valence-corrected chi connectivity index (χ4v) is 1.90. The van der Waals surface area contributed by atoms with Crippen LogP contribution in [0.5, 0.6) is 0 Å². The van der Waals surface area contributed by atoms with Gasteiger partial charge < -0.3 is 14.6 Å². The van der Waals surface area contributed by atoms with Gasteiger partial charge in [-0.2, -0.15) is 0 Å². The Hall–Kier alpha value is -2.67. The molecule has 0 aliphatic heterocycles. The third-order valence-corrected chi connectivity index (χ3v) is 2.97. The molecule has 2 rings (SSSR count). The number of carbonyl (C=O) groups is 2. The fourth-order valence-electron chi connectivity index (χ4n) is 1.69. The molecule has 6 nitrogen and oxygen atoms in total. The molecule has 2 aromatic rings. The Morgan fingerprint density at radius 2 is 1.82 bits per heavy atom. The van der Waals surface area contributed by atoms with Crippen LogP contribution >= 0.6 is 12.2 Å². The van der Waals surface area contributed by atoms with E-state index in [0.717, 1.165) is 0 Å². The molecular weight excluding hydrogens is 302 g/mol. The molecule has 1 aromatic heterocycles. The van der Waals surface area contributed by atoms with Gasteiger partial charge in [0.15, 0.2) is 10.9 Å². The van der Waals surface area contributed by atoms with Gasteiger partial charge in [-0.3, -0.25) is 14.9 Å². The summed E-state index contributed by atoms with van der Waals surface area (Å²) in [4.78, 5) is 25.0. The van der Waals surface area contributed by atoms with Crippen molar-refractivity contribution < 1.29 is 14.0 Å². The molecule has 0 fully saturated rings. The maximum absolute atomic E-state index is 11.8. The standard InChI is InChI=1S/C15H15N3O3S/c1-18(2)14(20)10-5-7-11(8-6-10)16-15(22)17-13(19)12-4-3-9-21-12/h3-9H,1-2H3,(H2,16,17,19,22). The molecule has 0 radical (unpaired) electrons. The number of rotatable bonds is 3. The average Bonchev–Trinajstić information content (AvgIpc) is 3.01. The number of hydrogen-bond donors (Lipinski definition) is 2. The van der Waals surface area contributed by atoms with Crippen LogP contribution in [0.3, 0.4) is 0 Å². The van der Waals surface area contributed by atoms with Gasteiger partial charge in [0, 0.05) is 25.3 Å². The first kappa shape index (κ1) is 15.7. The van der Waals surface area contributed by atoms with Crippen LogP contribution in [0.2, 0.25) is 0 Å². The Labute approximate surface area is 133 Å². The van der Waals surface area contributed by atoms with E-state index < -0.39 is 5.91 Å². The fraction of sp³-hybridized carbons (Fsp3) is 0.133. The lowest BCUT2D eigenvalue weighted by Gasteiger charge is -2.12. The van der Waals surface area contributed by atoms with Crippen molar-refractivity contribution in [3.63, 3.8) is 0 Å². The van der Waals surface area contributed by atoms with Gasteiger partial charge in [-0.25, -0.2) is 0 Å². The van der Waals surface area contributed by atoms with E-state index in [9.17, 15) is 9.59 Å². The molecule has 1 heterocycles. The highest BCUT2D eigenvalue weighted by molar-refractivity contribution is 7.80. The van der Waals surface area contributed by atoms with Gasteiger partial charge in [-0.05, 0) is 48.6 Å². The topological polar surface area (TPSA) is 74.6 Å². The molecule has 1 aromatic carbocycles. The molecule has 0 aliphatic carbocycles. The summed E-state index contributed by atoms with van der Waals surface area (Å²) in [7, 11) is 3.38. The first-order valence-corrected chi connectivity index (χ1v) is 6.86. The number of thiocarbonyl (C=S) groups is 1. The number of amides is 2. The predicted molar refractivity (Wildman–Crippen MR) is 86.9 cm³/mol. The lowest BCUT2D eigenvalue weighted by molar-refractivity contribution is 0.0827. The van der Waals surface area contributed by atoms with Crippen molar-refractivity contribution in [3.8, 4) is 0 Å². The lowest BCUT2D eigenvalue weighted by Crippen LogP contribution is -2.33. The van der Waals surface area contributed by atoms with Crippen molar-refractivity contribution in [2.24, 2.45) is 0 Å². The van der Waals surface area contributed by atoms with Gasteiger partial charge in [0.1, 0.15) is 0 Å². The van der Waals surface area contributed by atoms with Gasteiger partial charge in [-0.1, -0.05) is 0 Å². The molecule has 0 spiro atoms. The van der Waals surface area contributed by atoms with E-state index in [1.807, 2.05) is 0 Å². The summed E-state index contributed by atoms with van der Waals surface area (Å²) in [5.74, 6) is -0.335. The Balaban J connectivity index is 1.94. The summed E-state index contributed by atoms with van der Waals surface area (Å²) in [5.41, 5.74) is 1.24. The molecule has 114 valence electrons. The summed E-state index contributed by atoms with van der Waals surface area (Å²) >= 11 is 5.05. The second-order valence-electron chi connectivity index (χ2n) is 4.66. The summed E-state index contributed by atoms with van der Waals surface area (Å²) in [6, 6.07) is 9.94. The number of nitrogens with one attached hydrogen (secondary N) is 2. The van der Waals surface area contributed by atoms with Crippen LogP contribution in [0.25, 0.3) is 0 Å². The van der Waals surface area contributed by atoms with Crippen LogP contribution in [-0.4, -0.2) is 35.9 Å². The summed E-state index contributed by atoms with van der Waals surface area (Å²) < 4.78 is 4.97. The molecule has 0 bridgehead atoms. The minimum absolute atomic E-state index is 0.0831. The predicted octanol–water partition coefficient (Wildman–Crippen LogP) is 2.11. The summed E-state index contributed by atoms with van der Waals surface area (Å²) in [6.07, 6.45) is 1.41. The van der Waals surface area contributed by atoms with Gasteiger partial charge >= 0.3 is 0 Å². The SMILES string of the molecule is CN(C)C(=O)c1ccc(NC(=S)NC(=O)c2ccco2)cc1. The third kappa shape index (κ3) is 3.92. The van der Waals surface area contributed by atoms with E-state index in [2.05, 4.69) is 10.6 Å². The molecule has 2 amide bonds. The number of hydrogen-bond acceptors (Lipinski definition) is 4. The Bertz CT molecular complexity index is 679. The molecule has 22 heavy (non-hydrogen) atoms. The van der Waals surface area contributed by atoms with Crippen molar-refractivity contribution in [1.82, 2.24) is 10.2 Å². The van der Waals surface area contributed by atoms with Crippen LogP contribution < -0.4 is 10.6 Å². The first-order chi connectivity index (χ1) is 10.5. The number of anilines is 1. The van der Waals surface area contributed by atoms with Crippen molar-refractivity contribution >= 4 is 34.8 Å². The second kappa shape index (κ2) is 6.86. The number of carbonyl (C=O) groups excluding carboxylic acids is 2. The highest BCUT2D eigenvalue weighted by Crippen LogP contribution is 2.11. The molecule has 0 saturated carbocycles. The van der Waals surface area contributed by atoms with E-state index >= 15 is 0 Å². The van der Waals surface area contributed by atoms with Crippen molar-refractivity contribution in [2.75, 3.05) is 19.4 Å². The normalized spacial score (nSPS) is 9.91. The third-order valence-electron chi connectivity index (χ3n) is 2.77. The number of benzene rings is 1. The van der Waals surface area contributed by atoms with Crippen molar-refractivity contribution in [3.05, 3.63) is 54.0 Å². The second-order valence-corrected chi connectivity index (χ2v) is 5.07. The zero-order chi connectivity index (χ0) is 16.1. The maximum atomic E-state index is 11.8. The average molecular weight is 317 g/mol. The Morgan fingerprint density at radius 1 is 1.14 bits per heavy atom. The van der Waals surface area contributed by atoms with Crippen LogP contribution in [0, 0.1) is 0 Å². The molecule has 0 aliphatic rings. The minimum atomic E-state index is -0.429. The lowest BCUT2D eigenvalue weighted by atomic mass is 10.2. The smallest absolute Gasteiger partial charge is 0.293 e. The summed E-state index contributed by atoms with van der Waals surface area (Å²) in [6.45, 7) is 0. The first-order valence-electron chi connectivity index (χ1n) is 6.45. The zero-order valence-electron chi connectivity index (χ0n) is 12.1. The molecular formula is C15H15N3O3S. The number of furan rings is 1. The molecule has 2 N–H and O–H groups in total. The van der Waals surface area contributed by atoms with E-state index in [4.69, 9.17) is 16.6 Å². The van der Waals surface area contributed by atoms with E-state index in [1.54, 1.807) is 50.5 Å². The molecule has 7 heteroatoms. The Kier molecular flexibility index (Phi) is 4.90. The number of nitrogens with zero attached hydrogens (tertiary/aromatic N) is 1. The highest BCUT2D eigenvalue weighted by Gasteiger charge is 2.11. The van der Waals surface area contributed by atoms with Gasteiger partial charge in [0.25, 0.3) is 11.8 Å². The van der Waals surface area contributed by atoms with Gasteiger partial charge in [0.2, 0.25) is 0 Å². The minimum Gasteiger partial charge on any atom is -0.459 e. The van der Waals surface area contributed by atoms with Gasteiger partial charge in [-0.15, -0.1) is 0 Å². The largest absolute Gasteiger partial charge is 0.459 e. The van der Waals surface area contributed by atoms with Crippen LogP contribution in [0.15, 0.2) is 47.1 Å². The van der Waals surface area contributed by atoms with Crippen LogP contribution in [-0.2, 0) is 0 Å². The zero-order valence-corrected chi connectivity index (χ0v) is 12.9. The van der Waals surface area contributed by atoms with Crippen LogP contribution in [0.1, 0.15) is 20.9 Å². The quantitative estimate of drug-likeness (QED) is 0.848. The van der Waals surface area contributed by atoms with E-state index in [0.29, 0.717) is 11.3 Å². The maximum Gasteiger partial charge on any atom is 0.293 e. The molecule has 0 atom stereocenters. The van der Waals surface area contributed by atoms with Crippen molar-refractivity contribution in [1.29, 1.82) is 0 Å². The molecule has 0 unspecified atom stereocenters. The summed E-state index contributed by atoms with van der Waals surface area (Å²) in [5, 5.41) is 5.51. The van der Waals surface area contributed by atoms with E-state index in [1.165, 1.54) is 11.2 Å². The Morgan fingerprint density at radius 3 is 2.36 bits per heavy atom. The van der Waals surface area contributed by atoms with Gasteiger partial charge in [0.05, 0.1) is 6.26 Å². The highest BCUT2D eigenvalue weighted by atomic mass is 32.1. The van der Waals surface area contributed by atoms with Crippen LogP contribution in [0.4, 0.5) is 5.69 Å². The monoisotopic (exact) mass is 317 g/mol.